The zero-order chi connectivity index (χ0) is 31.6. The van der Waals surface area contributed by atoms with E-state index in [1.165, 1.54) is 18.1 Å². The number of hydrogen-bond acceptors (Lipinski definition) is 7. The summed E-state index contributed by atoms with van der Waals surface area (Å²) in [6.07, 6.45) is 3.50. The van der Waals surface area contributed by atoms with Crippen LogP contribution in [-0.2, 0) is 19.2 Å². The zero-order valence-corrected chi connectivity index (χ0v) is 25.6. The van der Waals surface area contributed by atoms with Gasteiger partial charge in [-0.1, -0.05) is 54.1 Å². The molecule has 224 valence electrons. The predicted molar refractivity (Wildman–Crippen MR) is 168 cm³/mol. The van der Waals surface area contributed by atoms with Crippen LogP contribution in [0.25, 0.3) is 0 Å². The number of nitrogens with zero attached hydrogens (tertiary/aromatic N) is 1. The molecule has 1 saturated heterocycles. The Bertz CT molecular complexity index is 1920. The van der Waals surface area contributed by atoms with Gasteiger partial charge in [0.15, 0.2) is 28.8 Å². The Hall–Kier alpha value is -4.89. The number of rotatable bonds is 5. The summed E-state index contributed by atoms with van der Waals surface area (Å²) in [6, 6.07) is 20.2. The molecule has 1 N–H and O–H groups in total. The monoisotopic (exact) mass is 663 g/mol. The number of methoxy groups -OCH3 is 1. The van der Waals surface area contributed by atoms with Gasteiger partial charge in [0.05, 0.1) is 29.1 Å². The number of fused-ring (bicyclic) bond motifs is 3. The second-order valence-corrected chi connectivity index (χ2v) is 12.4. The van der Waals surface area contributed by atoms with Crippen LogP contribution in [0, 0.1) is 17.8 Å². The highest BCUT2D eigenvalue weighted by Gasteiger charge is 2.57. The highest BCUT2D eigenvalue weighted by atomic mass is 79.9. The van der Waals surface area contributed by atoms with E-state index in [4.69, 9.17) is 4.74 Å². The number of imide groups is 1. The van der Waals surface area contributed by atoms with Gasteiger partial charge in [0.1, 0.15) is 0 Å². The fraction of sp³-hybridized carbons (Fsp3) is 0.194. The number of carbonyl (C=O) groups is 5. The van der Waals surface area contributed by atoms with E-state index < -0.39 is 29.6 Å². The summed E-state index contributed by atoms with van der Waals surface area (Å²) in [7, 11) is 1.42. The lowest BCUT2D eigenvalue weighted by Gasteiger charge is -2.42. The highest BCUT2D eigenvalue weighted by molar-refractivity contribution is 9.12. The van der Waals surface area contributed by atoms with Crippen LogP contribution in [0.3, 0.4) is 0 Å². The van der Waals surface area contributed by atoms with Crippen molar-refractivity contribution in [3.63, 3.8) is 0 Å². The van der Waals surface area contributed by atoms with E-state index in [2.05, 4.69) is 15.9 Å². The highest BCUT2D eigenvalue weighted by Crippen LogP contribution is 2.57. The summed E-state index contributed by atoms with van der Waals surface area (Å²) < 4.78 is 5.47. The number of para-hydroxylation sites is 1. The van der Waals surface area contributed by atoms with Crippen LogP contribution in [0.1, 0.15) is 40.2 Å². The average Bonchev–Trinajstić information content (AvgIpc) is 3.32. The van der Waals surface area contributed by atoms with E-state index in [0.717, 1.165) is 5.57 Å². The molecule has 0 spiro atoms. The van der Waals surface area contributed by atoms with Crippen LogP contribution >= 0.6 is 15.9 Å². The SMILES string of the molecule is COc1cccc(C2C3=CCC4C(=O)N(c5ccc(C(=O)c6ccccc6)cc5)C(=O)C4C3CC3=C2C(=O)C=C(Br)C3=O)c1O. The van der Waals surface area contributed by atoms with Crippen molar-refractivity contribution in [2.75, 3.05) is 12.0 Å². The van der Waals surface area contributed by atoms with E-state index in [0.29, 0.717) is 22.4 Å². The lowest BCUT2D eigenvalue weighted by molar-refractivity contribution is -0.123. The molecule has 8 nitrogen and oxygen atoms in total. The lowest BCUT2D eigenvalue weighted by Crippen LogP contribution is -2.39. The molecule has 2 amide bonds. The van der Waals surface area contributed by atoms with Crippen molar-refractivity contribution in [3.05, 3.63) is 123 Å². The molecule has 9 heteroatoms. The van der Waals surface area contributed by atoms with Crippen LogP contribution in [0.15, 0.2) is 106 Å². The van der Waals surface area contributed by atoms with E-state index in [1.807, 2.05) is 12.1 Å². The Balaban J connectivity index is 1.27. The maximum atomic E-state index is 14.2. The van der Waals surface area contributed by atoms with Crippen LogP contribution in [-0.4, -0.2) is 41.4 Å². The van der Waals surface area contributed by atoms with E-state index in [-0.39, 0.29) is 63.2 Å². The van der Waals surface area contributed by atoms with E-state index >= 15 is 0 Å². The fourth-order valence-corrected chi connectivity index (χ4v) is 7.72. The number of phenolic OH excluding ortho intramolecular Hbond substituents is 1. The van der Waals surface area contributed by atoms with Crippen LogP contribution in [0.2, 0.25) is 0 Å². The number of allylic oxidation sites excluding steroid dienone is 6. The van der Waals surface area contributed by atoms with Gasteiger partial charge in [-0.3, -0.25) is 28.9 Å². The summed E-state index contributed by atoms with van der Waals surface area (Å²) in [5.74, 6) is -4.38. The maximum absolute atomic E-state index is 14.2. The Kier molecular flexibility index (Phi) is 7.00. The van der Waals surface area contributed by atoms with Crippen LogP contribution < -0.4 is 9.64 Å². The molecule has 0 saturated carbocycles. The number of halogens is 1. The number of benzene rings is 3. The summed E-state index contributed by atoms with van der Waals surface area (Å²) in [5.41, 5.74) is 2.96. The molecular weight excluding hydrogens is 638 g/mol. The third-order valence-corrected chi connectivity index (χ3v) is 9.91. The maximum Gasteiger partial charge on any atom is 0.238 e. The Morgan fingerprint density at radius 2 is 1.60 bits per heavy atom. The number of hydrogen-bond donors (Lipinski definition) is 1. The molecule has 1 aliphatic heterocycles. The third-order valence-electron chi connectivity index (χ3n) is 9.32. The van der Waals surface area contributed by atoms with Gasteiger partial charge in [0, 0.05) is 39.8 Å². The first-order valence-electron chi connectivity index (χ1n) is 14.5. The number of phenols is 1. The normalized spacial score (nSPS) is 24.1. The number of Topliss-reactive ketones (excluding diaryl/α,β-unsaturated/α-hetero) is 1. The van der Waals surface area contributed by atoms with Crippen LogP contribution in [0.4, 0.5) is 5.69 Å². The van der Waals surface area contributed by atoms with Crippen molar-refractivity contribution >= 4 is 50.8 Å². The standard InChI is InChI=1S/C36H26BrNO7/c1-45-28-9-5-8-22(34(28)42)29-21-14-15-23-30(24(21)16-25-31(29)27(39)17-26(37)33(25)41)36(44)38(35(23)43)20-12-10-19(11-13-20)32(40)18-6-3-2-4-7-18/h2-14,17,23-24,29-30,42H,15-16H2,1H3. The van der Waals surface area contributed by atoms with E-state index in [9.17, 15) is 29.1 Å². The second kappa shape index (κ2) is 10.9. The molecule has 1 heterocycles. The van der Waals surface area contributed by atoms with Crippen LogP contribution in [0.5, 0.6) is 11.5 Å². The van der Waals surface area contributed by atoms with Gasteiger partial charge in [-0.15, -0.1) is 0 Å². The van der Waals surface area contributed by atoms with Crippen molar-refractivity contribution in [3.8, 4) is 11.5 Å². The Morgan fingerprint density at radius 3 is 2.31 bits per heavy atom. The van der Waals surface area contributed by atoms with Crippen molar-refractivity contribution < 1.29 is 33.8 Å². The predicted octanol–water partition coefficient (Wildman–Crippen LogP) is 5.60. The molecule has 0 aromatic heterocycles. The molecule has 3 aliphatic carbocycles. The number of aromatic hydroxyl groups is 1. The van der Waals surface area contributed by atoms with Gasteiger partial charge in [0.2, 0.25) is 11.8 Å². The van der Waals surface area contributed by atoms with Crippen molar-refractivity contribution in [1.29, 1.82) is 0 Å². The third kappa shape index (κ3) is 4.44. The quantitative estimate of drug-likeness (QED) is 0.163. The number of carbonyl (C=O) groups excluding carboxylic acids is 5. The Labute approximate surface area is 266 Å². The van der Waals surface area contributed by atoms with Crippen molar-refractivity contribution in [1.82, 2.24) is 0 Å². The molecule has 45 heavy (non-hydrogen) atoms. The average molecular weight is 665 g/mol. The van der Waals surface area contributed by atoms with E-state index in [1.54, 1.807) is 66.7 Å². The molecule has 7 rings (SSSR count). The van der Waals surface area contributed by atoms with Gasteiger partial charge in [-0.25, -0.2) is 0 Å². The zero-order valence-electron chi connectivity index (χ0n) is 24.0. The summed E-state index contributed by atoms with van der Waals surface area (Å²) in [6.45, 7) is 0. The van der Waals surface area contributed by atoms with Crippen molar-refractivity contribution in [2.45, 2.75) is 18.8 Å². The molecule has 4 unspecified atom stereocenters. The number of amides is 2. The first kappa shape index (κ1) is 28.9. The summed E-state index contributed by atoms with van der Waals surface area (Å²) >= 11 is 3.23. The first-order chi connectivity index (χ1) is 21.7. The van der Waals surface area contributed by atoms with Gasteiger partial charge in [0.25, 0.3) is 0 Å². The molecule has 3 aromatic carbocycles. The molecule has 3 aromatic rings. The van der Waals surface area contributed by atoms with Crippen molar-refractivity contribution in [2.24, 2.45) is 17.8 Å². The minimum atomic E-state index is -0.802. The number of ketones is 3. The topological polar surface area (TPSA) is 118 Å². The Morgan fingerprint density at radius 1 is 0.889 bits per heavy atom. The molecular formula is C36H26BrNO7. The fourth-order valence-electron chi connectivity index (χ4n) is 7.27. The second-order valence-electron chi connectivity index (χ2n) is 11.5. The minimum absolute atomic E-state index is 0.106. The number of ether oxygens (including phenoxy) is 1. The smallest absolute Gasteiger partial charge is 0.238 e. The number of anilines is 1. The molecule has 1 fully saturated rings. The molecule has 0 radical (unpaired) electrons. The molecule has 4 aliphatic rings. The lowest BCUT2D eigenvalue weighted by atomic mass is 9.59. The van der Waals surface area contributed by atoms with Gasteiger partial charge in [-0.2, -0.15) is 0 Å². The van der Waals surface area contributed by atoms with Gasteiger partial charge in [-0.05, 0) is 65.0 Å². The van der Waals surface area contributed by atoms with Gasteiger partial charge < -0.3 is 9.84 Å². The minimum Gasteiger partial charge on any atom is -0.504 e. The van der Waals surface area contributed by atoms with Gasteiger partial charge >= 0.3 is 0 Å². The largest absolute Gasteiger partial charge is 0.504 e. The summed E-state index contributed by atoms with van der Waals surface area (Å²) in [5, 5.41) is 11.2. The summed E-state index contributed by atoms with van der Waals surface area (Å²) in [4.78, 5) is 69.0. The molecule has 4 atom stereocenters. The molecule has 0 bridgehead atoms. The first-order valence-corrected chi connectivity index (χ1v) is 15.3.